The lowest BCUT2D eigenvalue weighted by atomic mass is 10.2. The van der Waals surface area contributed by atoms with Crippen molar-refractivity contribution in [1.29, 1.82) is 0 Å². The van der Waals surface area contributed by atoms with E-state index in [-0.39, 0.29) is 5.76 Å². The van der Waals surface area contributed by atoms with Crippen molar-refractivity contribution in [3.05, 3.63) is 80.1 Å². The van der Waals surface area contributed by atoms with Crippen molar-refractivity contribution < 1.29 is 18.7 Å². The van der Waals surface area contributed by atoms with Gasteiger partial charge in [-0.1, -0.05) is 28.1 Å². The molecule has 1 aromatic heterocycles. The number of rotatable bonds is 7. The van der Waals surface area contributed by atoms with Crippen molar-refractivity contribution in [3.8, 4) is 11.5 Å². The van der Waals surface area contributed by atoms with E-state index in [1.54, 1.807) is 32.2 Å². The van der Waals surface area contributed by atoms with Gasteiger partial charge in [-0.15, -0.1) is 0 Å². The Labute approximate surface area is 185 Å². The lowest BCUT2D eigenvalue weighted by Gasteiger charge is -2.13. The maximum Gasteiger partial charge on any atom is 0.307 e. The predicted molar refractivity (Wildman–Crippen MR) is 118 cm³/mol. The van der Waals surface area contributed by atoms with Crippen molar-refractivity contribution in [2.75, 3.05) is 7.11 Å². The molecule has 0 aliphatic heterocycles. The van der Waals surface area contributed by atoms with Crippen LogP contribution in [0.25, 0.3) is 0 Å². The number of furan rings is 1. The Morgan fingerprint density at radius 2 is 1.93 bits per heavy atom. The molecular weight excluding hydrogens is 504 g/mol. The molecule has 0 saturated heterocycles. The van der Waals surface area contributed by atoms with Gasteiger partial charge in [0.25, 0.3) is 0 Å². The van der Waals surface area contributed by atoms with E-state index in [1.807, 2.05) is 30.3 Å². The molecule has 0 unspecified atom stereocenters. The highest BCUT2D eigenvalue weighted by Gasteiger charge is 2.12. The summed E-state index contributed by atoms with van der Waals surface area (Å²) in [6.07, 6.45) is 1.51. The summed E-state index contributed by atoms with van der Waals surface area (Å²) in [5.41, 5.74) is 4.18. The average molecular weight is 522 g/mol. The number of hydrazone groups is 1. The van der Waals surface area contributed by atoms with Crippen molar-refractivity contribution >= 4 is 44.0 Å². The van der Waals surface area contributed by atoms with Crippen LogP contribution in [0.15, 0.2) is 67.0 Å². The number of carbonyl (C=O) groups excluding carboxylic acids is 1. The second-order valence-electron chi connectivity index (χ2n) is 6.06. The number of nitrogens with zero attached hydrogens (tertiary/aromatic N) is 1. The third kappa shape index (κ3) is 5.71. The van der Waals surface area contributed by atoms with Crippen molar-refractivity contribution in [3.63, 3.8) is 0 Å². The zero-order chi connectivity index (χ0) is 20.8. The van der Waals surface area contributed by atoms with E-state index in [0.717, 1.165) is 15.6 Å². The number of aryl methyl sites for hydroxylation is 1. The first kappa shape index (κ1) is 21.1. The summed E-state index contributed by atoms with van der Waals surface area (Å²) < 4.78 is 18.4. The Morgan fingerprint density at radius 1 is 1.17 bits per heavy atom. The molecule has 8 heteroatoms. The molecule has 0 aliphatic carbocycles. The molecule has 0 fully saturated rings. The zero-order valence-corrected chi connectivity index (χ0v) is 18.9. The Balaban J connectivity index is 1.68. The van der Waals surface area contributed by atoms with Crippen LogP contribution in [-0.2, 0) is 6.61 Å². The van der Waals surface area contributed by atoms with Gasteiger partial charge in [-0.25, -0.2) is 5.43 Å². The third-order valence-electron chi connectivity index (χ3n) is 3.89. The first-order chi connectivity index (χ1) is 14.0. The van der Waals surface area contributed by atoms with Gasteiger partial charge in [0.05, 0.1) is 17.8 Å². The fourth-order valence-electron chi connectivity index (χ4n) is 2.47. The molecule has 29 heavy (non-hydrogen) atoms. The molecule has 2 aromatic carbocycles. The lowest BCUT2D eigenvalue weighted by Crippen LogP contribution is -2.16. The summed E-state index contributed by atoms with van der Waals surface area (Å²) in [5, 5.41) is 3.97. The topological polar surface area (TPSA) is 73.1 Å². The van der Waals surface area contributed by atoms with Crippen LogP contribution in [0.1, 0.15) is 27.4 Å². The number of amides is 1. The number of ether oxygens (including phenoxy) is 2. The van der Waals surface area contributed by atoms with Crippen molar-refractivity contribution in [2.24, 2.45) is 5.10 Å². The highest BCUT2D eigenvalue weighted by atomic mass is 79.9. The second-order valence-corrected chi connectivity index (χ2v) is 7.83. The molecule has 1 N–H and O–H groups in total. The molecular formula is C21H18Br2N2O4. The SMILES string of the molecule is COc1cc(/C=N\NC(=O)c2ccc(C)o2)cc(Br)c1OCc1ccc(Br)cc1. The molecule has 0 spiro atoms. The van der Waals surface area contributed by atoms with E-state index in [9.17, 15) is 4.79 Å². The van der Waals surface area contributed by atoms with Gasteiger partial charge in [0.1, 0.15) is 12.4 Å². The molecule has 0 bridgehead atoms. The number of hydrogen-bond donors (Lipinski definition) is 1. The van der Waals surface area contributed by atoms with E-state index in [2.05, 4.69) is 42.4 Å². The molecule has 0 aliphatic rings. The molecule has 1 amide bonds. The smallest absolute Gasteiger partial charge is 0.307 e. The Kier molecular flexibility index (Phi) is 7.11. The molecule has 150 valence electrons. The Morgan fingerprint density at radius 3 is 2.59 bits per heavy atom. The normalized spacial score (nSPS) is 10.9. The molecule has 3 aromatic rings. The van der Waals surface area contributed by atoms with Gasteiger partial charge in [-0.3, -0.25) is 4.79 Å². The van der Waals surface area contributed by atoms with E-state index < -0.39 is 5.91 Å². The van der Waals surface area contributed by atoms with Gasteiger partial charge in [-0.05, 0) is 70.4 Å². The largest absolute Gasteiger partial charge is 0.493 e. The minimum Gasteiger partial charge on any atom is -0.493 e. The van der Waals surface area contributed by atoms with Gasteiger partial charge in [0.15, 0.2) is 17.3 Å². The van der Waals surface area contributed by atoms with Gasteiger partial charge in [0.2, 0.25) is 0 Å². The Bertz CT molecular complexity index is 1030. The highest BCUT2D eigenvalue weighted by molar-refractivity contribution is 9.10. The van der Waals surface area contributed by atoms with Gasteiger partial charge in [0, 0.05) is 4.47 Å². The van der Waals surface area contributed by atoms with Crippen LogP contribution in [-0.4, -0.2) is 19.2 Å². The third-order valence-corrected chi connectivity index (χ3v) is 5.01. The molecule has 0 atom stereocenters. The summed E-state index contributed by atoms with van der Waals surface area (Å²) in [5.74, 6) is 1.57. The van der Waals surface area contributed by atoms with Gasteiger partial charge >= 0.3 is 5.91 Å². The van der Waals surface area contributed by atoms with Crippen LogP contribution in [0.3, 0.4) is 0 Å². The number of hydrogen-bond acceptors (Lipinski definition) is 5. The average Bonchev–Trinajstić information content (AvgIpc) is 3.14. The van der Waals surface area contributed by atoms with Crippen LogP contribution in [0.5, 0.6) is 11.5 Å². The van der Waals surface area contributed by atoms with Crippen LogP contribution in [0.4, 0.5) is 0 Å². The fraction of sp³-hybridized carbons (Fsp3) is 0.143. The van der Waals surface area contributed by atoms with E-state index >= 15 is 0 Å². The van der Waals surface area contributed by atoms with Crippen molar-refractivity contribution in [2.45, 2.75) is 13.5 Å². The minimum atomic E-state index is -0.421. The van der Waals surface area contributed by atoms with Crippen LogP contribution in [0.2, 0.25) is 0 Å². The molecule has 3 rings (SSSR count). The predicted octanol–water partition coefficient (Wildman–Crippen LogP) is 5.46. The summed E-state index contributed by atoms with van der Waals surface area (Å²) >= 11 is 6.92. The molecule has 6 nitrogen and oxygen atoms in total. The minimum absolute atomic E-state index is 0.204. The second kappa shape index (κ2) is 9.76. The molecule has 1 heterocycles. The number of halogens is 2. The van der Waals surface area contributed by atoms with Crippen LogP contribution in [0, 0.1) is 6.92 Å². The quantitative estimate of drug-likeness (QED) is 0.331. The lowest BCUT2D eigenvalue weighted by molar-refractivity contribution is 0.0926. The standard InChI is InChI=1S/C21H18Br2N2O4/c1-13-3-8-18(29-13)21(26)25-24-11-15-9-17(23)20(19(10-15)27-2)28-12-14-4-6-16(22)7-5-14/h3-11H,12H2,1-2H3,(H,25,26)/b24-11-. The zero-order valence-electron chi connectivity index (χ0n) is 15.7. The highest BCUT2D eigenvalue weighted by Crippen LogP contribution is 2.36. The van der Waals surface area contributed by atoms with E-state index in [1.165, 1.54) is 6.21 Å². The maximum absolute atomic E-state index is 12.0. The summed E-state index contributed by atoms with van der Waals surface area (Å²) in [4.78, 5) is 12.0. The van der Waals surface area contributed by atoms with E-state index in [4.69, 9.17) is 13.9 Å². The monoisotopic (exact) mass is 520 g/mol. The summed E-state index contributed by atoms with van der Waals surface area (Å²) in [7, 11) is 1.57. The first-order valence-electron chi connectivity index (χ1n) is 8.61. The van der Waals surface area contributed by atoms with Crippen molar-refractivity contribution in [1.82, 2.24) is 5.43 Å². The molecule has 0 saturated carbocycles. The number of benzene rings is 2. The summed E-state index contributed by atoms with van der Waals surface area (Å²) in [6.45, 7) is 2.17. The Hall–Kier alpha value is -2.58. The fourth-order valence-corrected chi connectivity index (χ4v) is 3.31. The van der Waals surface area contributed by atoms with Gasteiger partial charge in [-0.2, -0.15) is 5.10 Å². The first-order valence-corrected chi connectivity index (χ1v) is 10.2. The van der Waals surface area contributed by atoms with Crippen LogP contribution >= 0.6 is 31.9 Å². The number of methoxy groups -OCH3 is 1. The molecule has 0 radical (unpaired) electrons. The number of nitrogens with one attached hydrogen (secondary N) is 1. The van der Waals surface area contributed by atoms with Gasteiger partial charge < -0.3 is 13.9 Å². The summed E-state index contributed by atoms with van der Waals surface area (Å²) in [6, 6.07) is 14.8. The van der Waals surface area contributed by atoms with E-state index in [0.29, 0.717) is 28.3 Å². The van der Waals surface area contributed by atoms with Crippen LogP contribution < -0.4 is 14.9 Å². The number of carbonyl (C=O) groups is 1. The maximum atomic E-state index is 12.0.